The number of nitrogens with zero attached hydrogens (tertiary/aromatic N) is 1. The predicted molar refractivity (Wildman–Crippen MR) is 107 cm³/mol. The largest absolute Gasteiger partial charge is 0.493 e. The van der Waals surface area contributed by atoms with Gasteiger partial charge in [0, 0.05) is 13.5 Å². The topological polar surface area (TPSA) is 77.1 Å². The van der Waals surface area contributed by atoms with Crippen LogP contribution in [0.5, 0.6) is 17.2 Å². The molecule has 2 amide bonds. The third-order valence-electron chi connectivity index (χ3n) is 4.06. The minimum atomic E-state index is -0.303. The zero-order chi connectivity index (χ0) is 20.5. The van der Waals surface area contributed by atoms with Gasteiger partial charge in [-0.2, -0.15) is 0 Å². The third kappa shape index (κ3) is 5.64. The molecule has 28 heavy (non-hydrogen) atoms. The third-order valence-corrected chi connectivity index (χ3v) is 4.06. The second-order valence-electron chi connectivity index (χ2n) is 6.04. The van der Waals surface area contributed by atoms with Crippen molar-refractivity contribution >= 4 is 17.5 Å². The molecule has 7 nitrogen and oxygen atoms in total. The van der Waals surface area contributed by atoms with Crippen LogP contribution in [0.3, 0.4) is 0 Å². The van der Waals surface area contributed by atoms with E-state index in [0.717, 1.165) is 5.56 Å². The number of para-hydroxylation sites is 2. The van der Waals surface area contributed by atoms with Crippen LogP contribution in [-0.4, -0.2) is 44.1 Å². The van der Waals surface area contributed by atoms with Gasteiger partial charge >= 0.3 is 0 Å². The summed E-state index contributed by atoms with van der Waals surface area (Å²) in [5.41, 5.74) is 1.40. The van der Waals surface area contributed by atoms with Crippen LogP contribution >= 0.6 is 0 Å². The average Bonchev–Trinajstić information content (AvgIpc) is 2.69. The molecule has 0 bridgehead atoms. The molecule has 0 radical (unpaired) electrons. The summed E-state index contributed by atoms with van der Waals surface area (Å²) in [6.45, 7) is 3.99. The van der Waals surface area contributed by atoms with E-state index in [0.29, 0.717) is 29.5 Å². The van der Waals surface area contributed by atoms with Crippen molar-refractivity contribution in [1.82, 2.24) is 4.90 Å². The Morgan fingerprint density at radius 3 is 2.36 bits per heavy atom. The van der Waals surface area contributed by atoms with Gasteiger partial charge in [-0.1, -0.05) is 18.2 Å². The molecule has 0 fully saturated rings. The first kappa shape index (κ1) is 21.1. The number of rotatable bonds is 9. The number of ether oxygens (including phenoxy) is 3. The maximum atomic E-state index is 12.5. The Hall–Kier alpha value is -3.22. The molecule has 0 aliphatic rings. The van der Waals surface area contributed by atoms with Crippen molar-refractivity contribution in [3.05, 3.63) is 48.0 Å². The number of benzene rings is 2. The highest BCUT2D eigenvalue weighted by molar-refractivity contribution is 5.95. The lowest BCUT2D eigenvalue weighted by Gasteiger charge is -2.21. The first-order valence-corrected chi connectivity index (χ1v) is 8.96. The summed E-state index contributed by atoms with van der Waals surface area (Å²) in [5, 5.41) is 2.80. The second-order valence-corrected chi connectivity index (χ2v) is 6.04. The molecular weight excluding hydrogens is 360 g/mol. The maximum Gasteiger partial charge on any atom is 0.244 e. The first-order valence-electron chi connectivity index (χ1n) is 8.96. The number of carbonyl (C=O) groups excluding carboxylic acids is 2. The quantitative estimate of drug-likeness (QED) is 0.717. The van der Waals surface area contributed by atoms with Crippen LogP contribution in [0, 0.1) is 0 Å². The Balaban J connectivity index is 2.09. The number of carbonyl (C=O) groups is 2. The number of hydrogen-bond acceptors (Lipinski definition) is 5. The number of methoxy groups -OCH3 is 2. The minimum absolute atomic E-state index is 0.0792. The molecule has 0 saturated heterocycles. The highest BCUT2D eigenvalue weighted by Gasteiger charge is 2.16. The van der Waals surface area contributed by atoms with E-state index in [2.05, 4.69) is 5.32 Å². The zero-order valence-corrected chi connectivity index (χ0v) is 16.7. The monoisotopic (exact) mass is 386 g/mol. The van der Waals surface area contributed by atoms with Gasteiger partial charge in [0.2, 0.25) is 11.8 Å². The van der Waals surface area contributed by atoms with Gasteiger partial charge in [0.25, 0.3) is 0 Å². The van der Waals surface area contributed by atoms with Gasteiger partial charge in [-0.05, 0) is 36.8 Å². The Morgan fingerprint density at radius 2 is 1.71 bits per heavy atom. The normalized spacial score (nSPS) is 10.1. The van der Waals surface area contributed by atoms with Gasteiger partial charge in [-0.3, -0.25) is 9.59 Å². The van der Waals surface area contributed by atoms with Crippen LogP contribution in [0.4, 0.5) is 5.69 Å². The van der Waals surface area contributed by atoms with Crippen molar-refractivity contribution < 1.29 is 23.8 Å². The predicted octanol–water partition coefficient (Wildman–Crippen LogP) is 3.09. The van der Waals surface area contributed by atoms with E-state index in [9.17, 15) is 9.59 Å². The van der Waals surface area contributed by atoms with E-state index in [1.165, 1.54) is 11.8 Å². The zero-order valence-electron chi connectivity index (χ0n) is 16.7. The van der Waals surface area contributed by atoms with E-state index in [1.54, 1.807) is 38.5 Å². The van der Waals surface area contributed by atoms with E-state index in [1.807, 2.05) is 25.1 Å². The summed E-state index contributed by atoms with van der Waals surface area (Å²) in [4.78, 5) is 26.0. The maximum absolute atomic E-state index is 12.5. The molecule has 7 heteroatoms. The number of hydrogen-bond donors (Lipinski definition) is 1. The molecule has 2 rings (SSSR count). The van der Waals surface area contributed by atoms with Gasteiger partial charge in [0.05, 0.1) is 26.5 Å². The fourth-order valence-electron chi connectivity index (χ4n) is 2.69. The lowest BCUT2D eigenvalue weighted by Crippen LogP contribution is -2.36. The summed E-state index contributed by atoms with van der Waals surface area (Å²) < 4.78 is 16.0. The molecule has 0 aromatic heterocycles. The fraction of sp³-hybridized carbons (Fsp3) is 0.333. The highest BCUT2D eigenvalue weighted by atomic mass is 16.5. The molecule has 0 unspecified atom stereocenters. The lowest BCUT2D eigenvalue weighted by molar-refractivity contribution is -0.133. The first-order chi connectivity index (χ1) is 13.5. The van der Waals surface area contributed by atoms with Gasteiger partial charge in [0.1, 0.15) is 12.3 Å². The van der Waals surface area contributed by atoms with Gasteiger partial charge in [-0.25, -0.2) is 0 Å². The average molecular weight is 386 g/mol. The SMILES string of the molecule is CCOc1ccccc1NC(=O)CN(Cc1ccc(OC)c(OC)c1)C(C)=O. The van der Waals surface area contributed by atoms with Crippen molar-refractivity contribution in [2.24, 2.45) is 0 Å². The highest BCUT2D eigenvalue weighted by Crippen LogP contribution is 2.28. The molecule has 0 saturated carbocycles. The van der Waals surface area contributed by atoms with Crippen molar-refractivity contribution in [2.45, 2.75) is 20.4 Å². The van der Waals surface area contributed by atoms with Crippen molar-refractivity contribution in [3.8, 4) is 17.2 Å². The Kier molecular flexibility index (Phi) is 7.68. The van der Waals surface area contributed by atoms with Crippen LogP contribution in [0.1, 0.15) is 19.4 Å². The minimum Gasteiger partial charge on any atom is -0.493 e. The second kappa shape index (κ2) is 10.2. The molecule has 0 heterocycles. The summed E-state index contributed by atoms with van der Waals surface area (Å²) in [7, 11) is 3.11. The van der Waals surface area contributed by atoms with Crippen LogP contribution in [-0.2, 0) is 16.1 Å². The van der Waals surface area contributed by atoms with Crippen molar-refractivity contribution in [1.29, 1.82) is 0 Å². The van der Waals surface area contributed by atoms with Crippen LogP contribution in [0.2, 0.25) is 0 Å². The Labute approximate surface area is 165 Å². The van der Waals surface area contributed by atoms with Gasteiger partial charge in [-0.15, -0.1) is 0 Å². The molecule has 0 atom stereocenters. The van der Waals surface area contributed by atoms with E-state index >= 15 is 0 Å². The Bertz CT molecular complexity index is 822. The Morgan fingerprint density at radius 1 is 1.00 bits per heavy atom. The standard InChI is InChI=1S/C21H26N2O5/c1-5-28-18-9-7-6-8-17(18)22-21(25)14-23(15(2)24)13-16-10-11-19(26-3)20(12-16)27-4/h6-12H,5,13-14H2,1-4H3,(H,22,25). The summed E-state index contributed by atoms with van der Waals surface area (Å²) >= 11 is 0. The molecular formula is C21H26N2O5. The van der Waals surface area contributed by atoms with Crippen LogP contribution < -0.4 is 19.5 Å². The molecule has 0 aliphatic heterocycles. The van der Waals surface area contributed by atoms with E-state index < -0.39 is 0 Å². The fourth-order valence-corrected chi connectivity index (χ4v) is 2.69. The summed E-state index contributed by atoms with van der Waals surface area (Å²) in [6.07, 6.45) is 0. The molecule has 1 N–H and O–H groups in total. The molecule has 2 aromatic rings. The number of nitrogens with one attached hydrogen (secondary N) is 1. The summed E-state index contributed by atoms with van der Waals surface area (Å²) in [5.74, 6) is 1.25. The van der Waals surface area contributed by atoms with E-state index in [-0.39, 0.29) is 24.9 Å². The number of anilines is 1. The van der Waals surface area contributed by atoms with Crippen molar-refractivity contribution in [2.75, 3.05) is 32.7 Å². The molecule has 0 spiro atoms. The van der Waals surface area contributed by atoms with E-state index in [4.69, 9.17) is 14.2 Å². The van der Waals surface area contributed by atoms with Gasteiger partial charge < -0.3 is 24.4 Å². The summed E-state index contributed by atoms with van der Waals surface area (Å²) in [6, 6.07) is 12.6. The number of amides is 2. The molecule has 2 aromatic carbocycles. The van der Waals surface area contributed by atoms with Crippen LogP contribution in [0.25, 0.3) is 0 Å². The molecule has 150 valence electrons. The lowest BCUT2D eigenvalue weighted by atomic mass is 10.2. The smallest absolute Gasteiger partial charge is 0.244 e. The van der Waals surface area contributed by atoms with Crippen LogP contribution in [0.15, 0.2) is 42.5 Å². The molecule has 0 aliphatic carbocycles. The van der Waals surface area contributed by atoms with Gasteiger partial charge in [0.15, 0.2) is 11.5 Å². The van der Waals surface area contributed by atoms with Crippen molar-refractivity contribution in [3.63, 3.8) is 0 Å².